The molecule has 1 aromatic heterocycles. The van der Waals surface area contributed by atoms with Gasteiger partial charge in [-0.1, -0.05) is 33.3 Å². The van der Waals surface area contributed by atoms with Crippen LogP contribution >= 0.6 is 0 Å². The molecule has 0 saturated heterocycles. The lowest BCUT2D eigenvalue weighted by atomic mass is 10.0. The Morgan fingerprint density at radius 3 is 2.65 bits per heavy atom. The van der Waals surface area contributed by atoms with Gasteiger partial charge in [0, 0.05) is 24.1 Å². The van der Waals surface area contributed by atoms with Crippen molar-refractivity contribution in [3.63, 3.8) is 0 Å². The van der Waals surface area contributed by atoms with Gasteiger partial charge in [0.2, 0.25) is 0 Å². The van der Waals surface area contributed by atoms with E-state index in [1.165, 1.54) is 41.3 Å². The van der Waals surface area contributed by atoms with E-state index in [4.69, 9.17) is 0 Å². The monoisotopic (exact) mass is 229 g/mol. The summed E-state index contributed by atoms with van der Waals surface area (Å²) in [6.45, 7) is 6.81. The molecule has 0 N–H and O–H groups in total. The van der Waals surface area contributed by atoms with Gasteiger partial charge in [0.25, 0.3) is 0 Å². The number of hydrogen-bond acceptors (Lipinski definition) is 0. The molecule has 0 amide bonds. The Kier molecular flexibility index (Phi) is 3.56. The first-order valence-electron chi connectivity index (χ1n) is 6.68. The van der Waals surface area contributed by atoms with Crippen LogP contribution in [0.2, 0.25) is 0 Å². The zero-order valence-corrected chi connectivity index (χ0v) is 11.5. The molecular weight excluding hydrogens is 206 g/mol. The maximum absolute atomic E-state index is 2.39. The van der Waals surface area contributed by atoms with E-state index < -0.39 is 0 Å². The van der Waals surface area contributed by atoms with Gasteiger partial charge in [0.1, 0.15) is 0 Å². The van der Waals surface area contributed by atoms with Crippen LogP contribution in [0.15, 0.2) is 24.4 Å². The summed E-state index contributed by atoms with van der Waals surface area (Å²) in [4.78, 5) is 0. The molecule has 17 heavy (non-hydrogen) atoms. The van der Waals surface area contributed by atoms with E-state index in [0.29, 0.717) is 0 Å². The van der Waals surface area contributed by atoms with Gasteiger partial charge >= 0.3 is 0 Å². The molecule has 0 radical (unpaired) electrons. The molecule has 0 spiro atoms. The molecule has 1 heterocycles. The van der Waals surface area contributed by atoms with Crippen LogP contribution in [0, 0.1) is 5.92 Å². The number of benzene rings is 1. The lowest BCUT2D eigenvalue weighted by Crippen LogP contribution is -1.92. The zero-order valence-electron chi connectivity index (χ0n) is 11.5. The topological polar surface area (TPSA) is 4.93 Å². The number of aryl methyl sites for hydroxylation is 2. The maximum atomic E-state index is 2.39. The van der Waals surface area contributed by atoms with Crippen molar-refractivity contribution in [1.82, 2.24) is 4.57 Å². The molecule has 0 aliphatic carbocycles. The van der Waals surface area contributed by atoms with Crippen molar-refractivity contribution < 1.29 is 0 Å². The van der Waals surface area contributed by atoms with Crippen molar-refractivity contribution in [3.8, 4) is 0 Å². The Morgan fingerprint density at radius 1 is 1.24 bits per heavy atom. The van der Waals surface area contributed by atoms with Gasteiger partial charge in [-0.25, -0.2) is 0 Å². The normalized spacial score (nSPS) is 11.6. The summed E-state index contributed by atoms with van der Waals surface area (Å²) in [6, 6.07) is 6.92. The third-order valence-corrected chi connectivity index (χ3v) is 3.30. The molecule has 1 aromatic carbocycles. The van der Waals surface area contributed by atoms with Gasteiger partial charge in [0.05, 0.1) is 0 Å². The lowest BCUT2D eigenvalue weighted by molar-refractivity contribution is 0.648. The highest BCUT2D eigenvalue weighted by molar-refractivity contribution is 5.84. The molecule has 1 heteroatoms. The molecule has 0 aliphatic rings. The fourth-order valence-electron chi connectivity index (χ4n) is 2.57. The van der Waals surface area contributed by atoms with Crippen molar-refractivity contribution in [2.24, 2.45) is 13.0 Å². The Balaban J connectivity index is 2.48. The third-order valence-electron chi connectivity index (χ3n) is 3.30. The molecule has 92 valence electrons. The minimum Gasteiger partial charge on any atom is -0.350 e. The number of rotatable bonds is 4. The first kappa shape index (κ1) is 12.2. The fraction of sp³-hybridized carbons (Fsp3) is 0.500. The van der Waals surface area contributed by atoms with Gasteiger partial charge in [-0.2, -0.15) is 0 Å². The number of nitrogens with zero attached hydrogens (tertiary/aromatic N) is 1. The smallest absolute Gasteiger partial charge is 0.0480 e. The first-order chi connectivity index (χ1) is 8.11. The summed E-state index contributed by atoms with van der Waals surface area (Å²) < 4.78 is 2.25. The summed E-state index contributed by atoms with van der Waals surface area (Å²) in [5.41, 5.74) is 4.33. The van der Waals surface area contributed by atoms with Crippen molar-refractivity contribution in [3.05, 3.63) is 35.5 Å². The quantitative estimate of drug-likeness (QED) is 0.735. The number of fused-ring (bicyclic) bond motifs is 1. The second-order valence-corrected chi connectivity index (χ2v) is 5.46. The van der Waals surface area contributed by atoms with Crippen LogP contribution in [0.1, 0.15) is 38.3 Å². The van der Waals surface area contributed by atoms with E-state index in [2.05, 4.69) is 56.8 Å². The highest BCUT2D eigenvalue weighted by Crippen LogP contribution is 2.24. The van der Waals surface area contributed by atoms with Crippen molar-refractivity contribution in [2.75, 3.05) is 0 Å². The number of hydrogen-bond donors (Lipinski definition) is 0. The molecule has 0 bridgehead atoms. The van der Waals surface area contributed by atoms with Crippen LogP contribution < -0.4 is 0 Å². The maximum Gasteiger partial charge on any atom is 0.0480 e. The highest BCUT2D eigenvalue weighted by Gasteiger charge is 2.08. The van der Waals surface area contributed by atoms with Gasteiger partial charge in [0.15, 0.2) is 0 Å². The molecular formula is C16H23N. The van der Waals surface area contributed by atoms with E-state index in [0.717, 1.165) is 5.92 Å². The molecule has 2 aromatic rings. The molecule has 0 fully saturated rings. The van der Waals surface area contributed by atoms with Crippen LogP contribution in [-0.4, -0.2) is 4.57 Å². The van der Waals surface area contributed by atoms with Crippen molar-refractivity contribution in [2.45, 2.75) is 40.0 Å². The van der Waals surface area contributed by atoms with E-state index in [-0.39, 0.29) is 0 Å². The number of aromatic nitrogens is 1. The van der Waals surface area contributed by atoms with Crippen LogP contribution in [-0.2, 0) is 19.9 Å². The van der Waals surface area contributed by atoms with E-state index in [9.17, 15) is 0 Å². The Labute approximate surface area is 104 Å². The van der Waals surface area contributed by atoms with Crippen LogP contribution in [0.25, 0.3) is 10.9 Å². The lowest BCUT2D eigenvalue weighted by Gasteiger charge is -2.04. The summed E-state index contributed by atoms with van der Waals surface area (Å²) in [6.07, 6.45) is 5.87. The Hall–Kier alpha value is -1.24. The van der Waals surface area contributed by atoms with Gasteiger partial charge in [-0.3, -0.25) is 0 Å². The first-order valence-corrected chi connectivity index (χ1v) is 6.68. The average Bonchev–Trinajstić information content (AvgIpc) is 2.55. The summed E-state index contributed by atoms with van der Waals surface area (Å²) in [5.74, 6) is 0.718. The summed E-state index contributed by atoms with van der Waals surface area (Å²) in [5, 5.41) is 1.45. The standard InChI is InChI=1S/C16H23N/c1-5-6-13-7-8-16-15(10-13)14(9-12(2)3)11-17(16)4/h7-8,10-12H,5-6,9H2,1-4H3. The van der Waals surface area contributed by atoms with Gasteiger partial charge in [-0.15, -0.1) is 0 Å². The Morgan fingerprint density at radius 2 is 2.00 bits per heavy atom. The van der Waals surface area contributed by atoms with Gasteiger partial charge < -0.3 is 4.57 Å². The second kappa shape index (κ2) is 4.95. The molecule has 0 atom stereocenters. The van der Waals surface area contributed by atoms with Crippen LogP contribution in [0.3, 0.4) is 0 Å². The molecule has 1 nitrogen and oxygen atoms in total. The van der Waals surface area contributed by atoms with E-state index in [1.54, 1.807) is 0 Å². The average molecular weight is 229 g/mol. The van der Waals surface area contributed by atoms with Crippen molar-refractivity contribution in [1.29, 1.82) is 0 Å². The van der Waals surface area contributed by atoms with Gasteiger partial charge in [-0.05, 0) is 42.0 Å². The second-order valence-electron chi connectivity index (χ2n) is 5.46. The summed E-state index contributed by atoms with van der Waals surface area (Å²) >= 11 is 0. The Bertz CT molecular complexity index is 505. The third kappa shape index (κ3) is 2.54. The summed E-state index contributed by atoms with van der Waals surface area (Å²) in [7, 11) is 2.14. The van der Waals surface area contributed by atoms with E-state index >= 15 is 0 Å². The predicted octanol–water partition coefficient (Wildman–Crippen LogP) is 4.33. The molecule has 0 saturated carbocycles. The zero-order chi connectivity index (χ0) is 12.4. The van der Waals surface area contributed by atoms with Crippen molar-refractivity contribution >= 4 is 10.9 Å². The molecule has 0 aliphatic heterocycles. The van der Waals surface area contributed by atoms with E-state index in [1.807, 2.05) is 0 Å². The fourth-order valence-corrected chi connectivity index (χ4v) is 2.57. The van der Waals surface area contributed by atoms with Crippen LogP contribution in [0.4, 0.5) is 0 Å². The highest BCUT2D eigenvalue weighted by atomic mass is 14.9. The molecule has 0 unspecified atom stereocenters. The van der Waals surface area contributed by atoms with Crippen LogP contribution in [0.5, 0.6) is 0 Å². The predicted molar refractivity (Wildman–Crippen MR) is 75.5 cm³/mol. The minimum absolute atomic E-state index is 0.718. The SMILES string of the molecule is CCCc1ccc2c(c1)c(CC(C)C)cn2C. The largest absolute Gasteiger partial charge is 0.350 e. The minimum atomic E-state index is 0.718. The molecule has 2 rings (SSSR count).